The van der Waals surface area contributed by atoms with Gasteiger partial charge in [0.25, 0.3) is 0 Å². The summed E-state index contributed by atoms with van der Waals surface area (Å²) in [6.45, 7) is 3.14. The van der Waals surface area contributed by atoms with Gasteiger partial charge in [-0.05, 0) is 6.92 Å². The van der Waals surface area contributed by atoms with Crippen molar-refractivity contribution in [1.82, 2.24) is 20.3 Å². The van der Waals surface area contributed by atoms with Gasteiger partial charge in [-0.25, -0.2) is 4.98 Å². The van der Waals surface area contributed by atoms with Crippen LogP contribution in [0.2, 0.25) is 0 Å². The summed E-state index contributed by atoms with van der Waals surface area (Å²) < 4.78 is 5.31. The van der Waals surface area contributed by atoms with Crippen LogP contribution >= 0.6 is 0 Å². The van der Waals surface area contributed by atoms with E-state index in [9.17, 15) is 0 Å². The van der Waals surface area contributed by atoms with Crippen LogP contribution in [0.25, 0.3) is 0 Å². The van der Waals surface area contributed by atoms with Gasteiger partial charge in [-0.1, -0.05) is 0 Å². The lowest BCUT2D eigenvalue weighted by Gasteiger charge is -2.00. The zero-order valence-electron chi connectivity index (χ0n) is 8.47. The Balaban J connectivity index is 1.80. The van der Waals surface area contributed by atoms with Crippen molar-refractivity contribution >= 4 is 0 Å². The minimum Gasteiger partial charge on any atom is -0.445 e. The summed E-state index contributed by atoms with van der Waals surface area (Å²) >= 11 is 0. The highest BCUT2D eigenvalue weighted by Crippen LogP contribution is 2.00. The van der Waals surface area contributed by atoms with E-state index in [1.54, 1.807) is 24.8 Å². The SMILES string of the molecule is Cc1cnc(CNCc2cnccn2)o1. The second-order valence-corrected chi connectivity index (χ2v) is 3.16. The van der Waals surface area contributed by atoms with Gasteiger partial charge in [0.15, 0.2) is 0 Å². The molecule has 0 bridgehead atoms. The average Bonchev–Trinajstić information content (AvgIpc) is 2.66. The quantitative estimate of drug-likeness (QED) is 0.806. The highest BCUT2D eigenvalue weighted by molar-refractivity contribution is 4.95. The van der Waals surface area contributed by atoms with Gasteiger partial charge in [-0.2, -0.15) is 0 Å². The van der Waals surface area contributed by atoms with Gasteiger partial charge in [0, 0.05) is 25.1 Å². The summed E-state index contributed by atoms with van der Waals surface area (Å²) in [5.41, 5.74) is 0.903. The van der Waals surface area contributed by atoms with Crippen molar-refractivity contribution in [2.45, 2.75) is 20.0 Å². The first kappa shape index (κ1) is 9.79. The van der Waals surface area contributed by atoms with Gasteiger partial charge in [0.2, 0.25) is 5.89 Å². The van der Waals surface area contributed by atoms with Crippen molar-refractivity contribution in [3.8, 4) is 0 Å². The lowest BCUT2D eigenvalue weighted by Crippen LogP contribution is -2.13. The molecule has 0 aliphatic carbocycles. The lowest BCUT2D eigenvalue weighted by molar-refractivity contribution is 0.448. The standard InChI is InChI=1S/C10H12N4O/c1-8-4-14-10(15-8)7-12-6-9-5-11-2-3-13-9/h2-5,12H,6-7H2,1H3. The zero-order valence-corrected chi connectivity index (χ0v) is 8.47. The Hall–Kier alpha value is -1.75. The first-order chi connectivity index (χ1) is 7.34. The van der Waals surface area contributed by atoms with Gasteiger partial charge in [-0.15, -0.1) is 0 Å². The smallest absolute Gasteiger partial charge is 0.208 e. The minimum atomic E-state index is 0.602. The van der Waals surface area contributed by atoms with Crippen LogP contribution in [0, 0.1) is 6.92 Å². The van der Waals surface area contributed by atoms with Crippen LogP contribution in [-0.4, -0.2) is 15.0 Å². The molecule has 2 aromatic heterocycles. The monoisotopic (exact) mass is 204 g/mol. The number of hydrogen-bond donors (Lipinski definition) is 1. The molecule has 0 aliphatic heterocycles. The number of nitrogens with one attached hydrogen (secondary N) is 1. The minimum absolute atomic E-state index is 0.602. The van der Waals surface area contributed by atoms with E-state index in [1.165, 1.54) is 0 Å². The summed E-state index contributed by atoms with van der Waals surface area (Å²) in [6, 6.07) is 0. The molecule has 1 N–H and O–H groups in total. The molecule has 0 fully saturated rings. The van der Waals surface area contributed by atoms with E-state index in [4.69, 9.17) is 4.42 Å². The molecule has 2 aromatic rings. The van der Waals surface area contributed by atoms with Crippen LogP contribution in [0.15, 0.2) is 29.2 Å². The molecule has 5 heteroatoms. The van der Waals surface area contributed by atoms with Crippen molar-refractivity contribution in [1.29, 1.82) is 0 Å². The Morgan fingerprint density at radius 3 is 2.80 bits per heavy atom. The molecular formula is C10H12N4O. The van der Waals surface area contributed by atoms with Crippen molar-refractivity contribution in [3.05, 3.63) is 42.1 Å². The number of rotatable bonds is 4. The molecule has 5 nitrogen and oxygen atoms in total. The fourth-order valence-electron chi connectivity index (χ4n) is 1.20. The van der Waals surface area contributed by atoms with E-state index >= 15 is 0 Å². The normalized spacial score (nSPS) is 10.5. The van der Waals surface area contributed by atoms with Gasteiger partial charge in [0.05, 0.1) is 18.4 Å². The van der Waals surface area contributed by atoms with Gasteiger partial charge < -0.3 is 9.73 Å². The predicted octanol–water partition coefficient (Wildman–Crippen LogP) is 1.06. The molecule has 2 rings (SSSR count). The summed E-state index contributed by atoms with van der Waals surface area (Å²) in [4.78, 5) is 12.2. The Morgan fingerprint density at radius 2 is 2.13 bits per heavy atom. The molecule has 0 atom stereocenters. The molecule has 0 unspecified atom stereocenters. The van der Waals surface area contributed by atoms with Gasteiger partial charge in [-0.3, -0.25) is 9.97 Å². The molecule has 0 saturated carbocycles. The van der Waals surface area contributed by atoms with Crippen LogP contribution in [-0.2, 0) is 13.1 Å². The van der Waals surface area contributed by atoms with E-state index in [0.717, 1.165) is 11.5 Å². The molecule has 0 spiro atoms. The third kappa shape index (κ3) is 2.85. The van der Waals surface area contributed by atoms with E-state index in [1.807, 2.05) is 6.92 Å². The number of aryl methyl sites for hydroxylation is 1. The van der Waals surface area contributed by atoms with E-state index in [0.29, 0.717) is 19.0 Å². The summed E-state index contributed by atoms with van der Waals surface area (Å²) in [5, 5.41) is 3.17. The topological polar surface area (TPSA) is 63.8 Å². The Labute approximate surface area is 87.6 Å². The molecule has 0 saturated heterocycles. The Bertz CT molecular complexity index is 412. The molecule has 0 radical (unpaired) electrons. The Morgan fingerprint density at radius 1 is 1.20 bits per heavy atom. The number of hydrogen-bond acceptors (Lipinski definition) is 5. The van der Waals surface area contributed by atoms with Crippen molar-refractivity contribution in [2.24, 2.45) is 0 Å². The maximum absolute atomic E-state index is 5.31. The fourth-order valence-corrected chi connectivity index (χ4v) is 1.20. The number of nitrogens with zero attached hydrogens (tertiary/aromatic N) is 3. The van der Waals surface area contributed by atoms with Crippen LogP contribution in [0.5, 0.6) is 0 Å². The second-order valence-electron chi connectivity index (χ2n) is 3.16. The van der Waals surface area contributed by atoms with Crippen molar-refractivity contribution in [3.63, 3.8) is 0 Å². The molecule has 15 heavy (non-hydrogen) atoms. The zero-order chi connectivity index (χ0) is 10.5. The van der Waals surface area contributed by atoms with Crippen LogP contribution in [0.3, 0.4) is 0 Å². The fraction of sp³-hybridized carbons (Fsp3) is 0.300. The van der Waals surface area contributed by atoms with Crippen molar-refractivity contribution < 1.29 is 4.42 Å². The molecular weight excluding hydrogens is 192 g/mol. The number of oxazole rings is 1. The molecule has 78 valence electrons. The van der Waals surface area contributed by atoms with Gasteiger partial charge >= 0.3 is 0 Å². The summed E-state index contributed by atoms with van der Waals surface area (Å²) in [5.74, 6) is 1.52. The summed E-state index contributed by atoms with van der Waals surface area (Å²) in [6.07, 6.45) is 6.76. The first-order valence-electron chi connectivity index (χ1n) is 4.71. The molecule has 2 heterocycles. The van der Waals surface area contributed by atoms with E-state index < -0.39 is 0 Å². The molecule has 0 aromatic carbocycles. The average molecular weight is 204 g/mol. The third-order valence-corrected chi connectivity index (χ3v) is 1.87. The van der Waals surface area contributed by atoms with Crippen LogP contribution < -0.4 is 5.32 Å². The molecule has 0 aliphatic rings. The number of aromatic nitrogens is 3. The van der Waals surface area contributed by atoms with Crippen molar-refractivity contribution in [2.75, 3.05) is 0 Å². The highest BCUT2D eigenvalue weighted by Gasteiger charge is 1.99. The Kier molecular flexibility index (Phi) is 3.04. The van der Waals surface area contributed by atoms with E-state index in [-0.39, 0.29) is 0 Å². The second kappa shape index (κ2) is 4.65. The highest BCUT2D eigenvalue weighted by atomic mass is 16.4. The third-order valence-electron chi connectivity index (χ3n) is 1.87. The van der Waals surface area contributed by atoms with Crippen LogP contribution in [0.4, 0.5) is 0 Å². The van der Waals surface area contributed by atoms with Crippen LogP contribution in [0.1, 0.15) is 17.3 Å². The molecule has 0 amide bonds. The lowest BCUT2D eigenvalue weighted by atomic mass is 10.4. The van der Waals surface area contributed by atoms with Gasteiger partial charge in [0.1, 0.15) is 5.76 Å². The van der Waals surface area contributed by atoms with E-state index in [2.05, 4.69) is 20.3 Å². The largest absolute Gasteiger partial charge is 0.445 e. The summed E-state index contributed by atoms with van der Waals surface area (Å²) in [7, 11) is 0. The maximum Gasteiger partial charge on any atom is 0.208 e. The maximum atomic E-state index is 5.31. The first-order valence-corrected chi connectivity index (χ1v) is 4.71. The predicted molar refractivity (Wildman–Crippen MR) is 53.8 cm³/mol.